The third-order valence-electron chi connectivity index (χ3n) is 6.54. The Kier molecular flexibility index (Phi) is 15.2. The van der Waals surface area contributed by atoms with Gasteiger partial charge in [0.2, 0.25) is 32.0 Å². The first-order valence-electron chi connectivity index (χ1n) is 14.4. The molecule has 2 atom stereocenters. The second kappa shape index (κ2) is 16.5. The van der Waals surface area contributed by atoms with Crippen molar-refractivity contribution in [3.8, 4) is 0 Å². The van der Waals surface area contributed by atoms with Gasteiger partial charge in [0.25, 0.3) is 0 Å². The molecule has 2 N–H and O–H groups in total. The number of amides is 2. The summed E-state index contributed by atoms with van der Waals surface area (Å²) in [5.41, 5.74) is -3.64. The van der Waals surface area contributed by atoms with Crippen LogP contribution in [-0.4, -0.2) is 94.8 Å². The van der Waals surface area contributed by atoms with E-state index in [4.69, 9.17) is 32.7 Å². The standard InChI is InChI=1S/C14H19BrClN3O4S2.C14H20ClN3O4S2.CH4.B/c1-13(2,3)23-12(20)17-11-18-14(4,7-25(21,22)19(11)5)10-8(16)6-9(15)24-10;1-13(2,3)22-12(19)16-11-17-14(4,8-24(20,21)18(11)5)10-9(15)6-7-23-10;;/h6H,7H2,1-5H3,(H,17,18,20);6-7H,8H2,1-5H3,(H,16,17,19);1H4;/t2*14-;;/m00../s1. The van der Waals surface area contributed by atoms with E-state index in [2.05, 4.69) is 36.5 Å². The van der Waals surface area contributed by atoms with Crippen molar-refractivity contribution in [2.45, 2.75) is 85.1 Å². The molecule has 51 heavy (non-hydrogen) atoms. The average Bonchev–Trinajstić information content (AvgIpc) is 3.48. The summed E-state index contributed by atoms with van der Waals surface area (Å²) in [5.74, 6) is -0.704. The largest absolute Gasteiger partial charge is 0.444 e. The maximum absolute atomic E-state index is 12.6. The Morgan fingerprint density at radius 3 is 1.55 bits per heavy atom. The number of hydrogen-bond acceptors (Lipinski definition) is 12. The zero-order valence-corrected chi connectivity index (χ0v) is 35.4. The normalized spacial score (nSPS) is 22.5. The Balaban J connectivity index is 0.000000491. The van der Waals surface area contributed by atoms with Gasteiger partial charge in [0.15, 0.2) is 0 Å². The van der Waals surface area contributed by atoms with Crippen LogP contribution in [0.4, 0.5) is 9.59 Å². The summed E-state index contributed by atoms with van der Waals surface area (Å²) < 4.78 is 63.1. The van der Waals surface area contributed by atoms with Gasteiger partial charge < -0.3 is 9.47 Å². The molecule has 0 fully saturated rings. The van der Waals surface area contributed by atoms with Crippen LogP contribution in [0.15, 0.2) is 31.3 Å². The van der Waals surface area contributed by atoms with Gasteiger partial charge in [-0.1, -0.05) is 30.6 Å². The van der Waals surface area contributed by atoms with E-state index >= 15 is 0 Å². The van der Waals surface area contributed by atoms with E-state index in [0.29, 0.717) is 19.8 Å². The zero-order chi connectivity index (χ0) is 37.5. The van der Waals surface area contributed by atoms with Crippen LogP contribution in [0, 0.1) is 0 Å². The maximum atomic E-state index is 12.6. The van der Waals surface area contributed by atoms with Crippen molar-refractivity contribution >= 4 is 114 Å². The lowest BCUT2D eigenvalue weighted by atomic mass is 10.0. The molecule has 2 aromatic rings. The van der Waals surface area contributed by atoms with E-state index in [1.165, 1.54) is 36.8 Å². The monoisotopic (exact) mass is 891 g/mol. The molecule has 2 amide bonds. The number of carbonyl (C=O) groups excluding carboxylic acids is 2. The van der Waals surface area contributed by atoms with Gasteiger partial charge in [0.1, 0.15) is 22.3 Å². The number of hydrogen-bond donors (Lipinski definition) is 2. The van der Waals surface area contributed by atoms with Crippen LogP contribution in [0.1, 0.15) is 72.6 Å². The number of thiophene rings is 2. The van der Waals surface area contributed by atoms with Gasteiger partial charge in [-0.3, -0.25) is 10.6 Å². The predicted octanol–water partition coefficient (Wildman–Crippen LogP) is 6.56. The number of alkyl carbamates (subject to hydrolysis) is 2. The number of guanidine groups is 2. The number of sulfonamides is 2. The van der Waals surface area contributed by atoms with Crippen molar-refractivity contribution in [3.63, 3.8) is 0 Å². The highest BCUT2D eigenvalue weighted by atomic mass is 79.9. The summed E-state index contributed by atoms with van der Waals surface area (Å²) in [7, 11) is -4.70. The highest BCUT2D eigenvalue weighted by Gasteiger charge is 2.45. The third-order valence-corrected chi connectivity index (χ3v) is 14.3. The average molecular weight is 894 g/mol. The Morgan fingerprint density at radius 2 is 1.24 bits per heavy atom. The molecule has 3 radical (unpaired) electrons. The molecule has 0 aromatic carbocycles. The van der Waals surface area contributed by atoms with E-state index < -0.39 is 54.5 Å². The van der Waals surface area contributed by atoms with Crippen LogP contribution in [0.25, 0.3) is 0 Å². The molecule has 2 aromatic heterocycles. The molecular weight excluding hydrogens is 850 g/mol. The molecule has 0 spiro atoms. The summed E-state index contributed by atoms with van der Waals surface area (Å²) in [5, 5.41) is 7.46. The fourth-order valence-corrected chi connectivity index (χ4v) is 11.1. The molecule has 4 heterocycles. The van der Waals surface area contributed by atoms with E-state index in [-0.39, 0.29) is 39.3 Å². The second-order valence-electron chi connectivity index (χ2n) is 13.4. The van der Waals surface area contributed by atoms with E-state index in [1.807, 2.05) is 0 Å². The molecule has 0 saturated carbocycles. The summed E-state index contributed by atoms with van der Waals surface area (Å²) >= 11 is 18.3. The topological polar surface area (TPSA) is 176 Å². The summed E-state index contributed by atoms with van der Waals surface area (Å²) in [6.07, 6.45) is -1.55. The fourth-order valence-electron chi connectivity index (χ4n) is 4.46. The summed E-state index contributed by atoms with van der Waals surface area (Å²) in [4.78, 5) is 34.2. The fraction of sp³-hybridized carbons (Fsp3) is 0.586. The third kappa shape index (κ3) is 12.0. The number of ether oxygens (including phenoxy) is 2. The minimum absolute atomic E-state index is 0. The van der Waals surface area contributed by atoms with Gasteiger partial charge in [0, 0.05) is 22.5 Å². The summed E-state index contributed by atoms with van der Waals surface area (Å²) in [6, 6.07) is 3.38. The lowest BCUT2D eigenvalue weighted by molar-refractivity contribution is 0.0546. The SMILES string of the molecule is C.CN1C(NC(=O)OC(C)(C)C)=N[C@](C)(c2sc(Br)cc2Cl)CS1(=O)=O.CN1C(NC(=O)OC(C)(C)C)=N[C@](C)(c2sccc2Cl)CS1(=O)=O.[B]. The molecule has 2 aliphatic heterocycles. The molecule has 0 bridgehead atoms. The number of halogens is 3. The van der Waals surface area contributed by atoms with Crippen LogP contribution in [0.2, 0.25) is 10.0 Å². The first-order valence-corrected chi connectivity index (χ1v) is 20.9. The van der Waals surface area contributed by atoms with Crippen molar-refractivity contribution in [2.24, 2.45) is 9.98 Å². The Hall–Kier alpha value is -2.10. The molecule has 14 nitrogen and oxygen atoms in total. The first kappa shape index (κ1) is 46.9. The van der Waals surface area contributed by atoms with E-state index in [9.17, 15) is 26.4 Å². The van der Waals surface area contributed by atoms with Crippen molar-refractivity contribution in [2.75, 3.05) is 25.6 Å². The molecule has 285 valence electrons. The minimum atomic E-state index is -3.70. The van der Waals surface area contributed by atoms with Gasteiger partial charge >= 0.3 is 12.2 Å². The lowest BCUT2D eigenvalue weighted by Gasteiger charge is -2.35. The number of carbonyl (C=O) groups is 2. The van der Waals surface area contributed by atoms with Gasteiger partial charge in [-0.15, -0.1) is 22.7 Å². The highest BCUT2D eigenvalue weighted by Crippen LogP contribution is 2.43. The predicted molar refractivity (Wildman–Crippen MR) is 210 cm³/mol. The van der Waals surface area contributed by atoms with Crippen molar-refractivity contribution in [1.29, 1.82) is 0 Å². The molecular formula is C29H43BBrCl2N6O8S4. The van der Waals surface area contributed by atoms with Crippen molar-refractivity contribution in [1.82, 2.24) is 19.2 Å². The number of nitrogens with one attached hydrogen (secondary N) is 2. The van der Waals surface area contributed by atoms with E-state index in [0.717, 1.165) is 12.4 Å². The molecule has 22 heteroatoms. The van der Waals surface area contributed by atoms with Crippen LogP contribution < -0.4 is 10.6 Å². The molecule has 0 aliphatic carbocycles. The van der Waals surface area contributed by atoms with E-state index in [1.54, 1.807) is 72.9 Å². The van der Waals surface area contributed by atoms with Crippen LogP contribution >= 0.6 is 61.8 Å². The van der Waals surface area contributed by atoms with Crippen LogP contribution in [-0.2, 0) is 40.6 Å². The molecule has 4 rings (SSSR count). The van der Waals surface area contributed by atoms with Crippen molar-refractivity contribution in [3.05, 3.63) is 41.1 Å². The number of rotatable bonds is 2. The Labute approximate surface area is 329 Å². The quantitative estimate of drug-likeness (QED) is 0.319. The first-order chi connectivity index (χ1) is 22.1. The zero-order valence-electron chi connectivity index (χ0n) is 29.0. The smallest absolute Gasteiger partial charge is 0.414 e. The molecule has 0 unspecified atom stereocenters. The van der Waals surface area contributed by atoms with Gasteiger partial charge in [0.05, 0.1) is 35.1 Å². The maximum Gasteiger partial charge on any atom is 0.414 e. The highest BCUT2D eigenvalue weighted by molar-refractivity contribution is 9.11. The molecule has 0 saturated heterocycles. The van der Waals surface area contributed by atoms with Gasteiger partial charge in [-0.2, -0.15) is 0 Å². The Morgan fingerprint density at radius 1 is 0.843 bits per heavy atom. The van der Waals surface area contributed by atoms with Gasteiger partial charge in [-0.25, -0.2) is 45.0 Å². The number of nitrogens with zero attached hydrogens (tertiary/aromatic N) is 4. The van der Waals surface area contributed by atoms with Crippen molar-refractivity contribution < 1.29 is 35.9 Å². The molecule has 2 aliphatic rings. The van der Waals surface area contributed by atoms with Crippen LogP contribution in [0.5, 0.6) is 0 Å². The van der Waals surface area contributed by atoms with Gasteiger partial charge in [-0.05, 0) is 88.8 Å². The Bertz CT molecular complexity index is 1890. The minimum Gasteiger partial charge on any atom is -0.444 e. The number of aliphatic imine (C=N–C) groups is 2. The summed E-state index contributed by atoms with van der Waals surface area (Å²) in [6.45, 7) is 13.6. The van der Waals surface area contributed by atoms with Crippen LogP contribution in [0.3, 0.4) is 0 Å². The lowest BCUT2D eigenvalue weighted by Crippen LogP contribution is -2.53. The second-order valence-corrected chi connectivity index (χ2v) is 21.6.